The molecule has 0 amide bonds. The van der Waals surface area contributed by atoms with Crippen LogP contribution in [0.15, 0.2) is 60.7 Å². The fourth-order valence-electron chi connectivity index (χ4n) is 1.91. The molecule has 0 bridgehead atoms. The van der Waals surface area contributed by atoms with Crippen LogP contribution in [0.1, 0.15) is 13.3 Å². The molecular weight excluding hydrogens is 294 g/mol. The molecule has 0 spiro atoms. The summed E-state index contributed by atoms with van der Waals surface area (Å²) in [7, 11) is -0.300. The van der Waals surface area contributed by atoms with Crippen LogP contribution in [-0.2, 0) is 12.6 Å². The monoisotopic (exact) mass is 312 g/mol. The topological polar surface area (TPSA) is 0 Å². The SMILES string of the molecule is CCC([S-])CP(c1ccccc1)c1ccccc1.[K+]. The summed E-state index contributed by atoms with van der Waals surface area (Å²) >= 11 is 5.53. The second-order valence-corrected chi connectivity index (χ2v) is 7.23. The third kappa shape index (κ3) is 5.63. The quantitative estimate of drug-likeness (QED) is 0.439. The summed E-state index contributed by atoms with van der Waals surface area (Å²) in [5, 5.41) is 3.24. The van der Waals surface area contributed by atoms with Gasteiger partial charge in [-0.3, -0.25) is 0 Å². The molecule has 0 aliphatic carbocycles. The maximum Gasteiger partial charge on any atom is 1.00 e. The van der Waals surface area contributed by atoms with E-state index >= 15 is 0 Å². The first kappa shape index (κ1) is 17.9. The average molecular weight is 312 g/mol. The Morgan fingerprint density at radius 1 is 0.895 bits per heavy atom. The van der Waals surface area contributed by atoms with E-state index in [1.807, 2.05) is 0 Å². The van der Waals surface area contributed by atoms with Gasteiger partial charge >= 0.3 is 51.4 Å². The van der Waals surface area contributed by atoms with E-state index in [1.54, 1.807) is 0 Å². The number of benzene rings is 2. The van der Waals surface area contributed by atoms with Crippen LogP contribution in [0.4, 0.5) is 0 Å². The van der Waals surface area contributed by atoms with Crippen molar-refractivity contribution in [2.45, 2.75) is 18.6 Å². The van der Waals surface area contributed by atoms with Gasteiger partial charge < -0.3 is 12.6 Å². The standard InChI is InChI=1S/C16H19PS.K/c1-2-16(18)13-17(14-9-5-3-6-10-14)15-11-7-4-8-12-15;/h3-12,16,18H,2,13H2,1H3;/q;+1/p-1. The van der Waals surface area contributed by atoms with Gasteiger partial charge in [-0.1, -0.05) is 74.0 Å². The molecule has 1 atom stereocenters. The summed E-state index contributed by atoms with van der Waals surface area (Å²) in [6, 6.07) is 21.6. The Bertz CT molecular complexity index is 421. The summed E-state index contributed by atoms with van der Waals surface area (Å²) in [5.41, 5.74) is 0. The number of hydrogen-bond acceptors (Lipinski definition) is 1. The molecular formula is C16H18KPS. The average Bonchev–Trinajstić information content (AvgIpc) is 2.46. The fourth-order valence-corrected chi connectivity index (χ4v) is 4.81. The van der Waals surface area contributed by atoms with Gasteiger partial charge in [-0.2, -0.15) is 5.25 Å². The predicted octanol–water partition coefficient (Wildman–Crippen LogP) is 0.449. The van der Waals surface area contributed by atoms with Gasteiger partial charge in [-0.25, -0.2) is 0 Å². The Balaban J connectivity index is 0.00000180. The molecule has 3 heteroatoms. The van der Waals surface area contributed by atoms with Crippen LogP contribution in [0, 0.1) is 0 Å². The van der Waals surface area contributed by atoms with Crippen molar-refractivity contribution in [1.29, 1.82) is 0 Å². The zero-order chi connectivity index (χ0) is 12.8. The Kier molecular flexibility index (Phi) is 9.17. The second kappa shape index (κ2) is 9.73. The Labute approximate surface area is 166 Å². The first-order chi connectivity index (χ1) is 8.81. The molecule has 1 unspecified atom stereocenters. The van der Waals surface area contributed by atoms with E-state index in [9.17, 15) is 0 Å². The normalized spacial score (nSPS) is 11.9. The second-order valence-electron chi connectivity index (χ2n) is 4.31. The number of hydrogen-bond donors (Lipinski definition) is 0. The molecule has 94 valence electrons. The minimum Gasteiger partial charge on any atom is -0.789 e. The third-order valence-electron chi connectivity index (χ3n) is 2.98. The smallest absolute Gasteiger partial charge is 0.789 e. The van der Waals surface area contributed by atoms with E-state index in [0.29, 0.717) is 5.25 Å². The minimum absolute atomic E-state index is 0. The van der Waals surface area contributed by atoms with Gasteiger partial charge in [0.05, 0.1) is 0 Å². The van der Waals surface area contributed by atoms with Crippen molar-refractivity contribution >= 4 is 31.2 Å². The maximum atomic E-state index is 5.53. The first-order valence-electron chi connectivity index (χ1n) is 6.34. The fraction of sp³-hybridized carbons (Fsp3) is 0.250. The minimum atomic E-state index is -0.300. The molecule has 0 N–H and O–H groups in total. The van der Waals surface area contributed by atoms with Crippen LogP contribution in [-0.4, -0.2) is 11.4 Å². The van der Waals surface area contributed by atoms with Gasteiger partial charge in [-0.05, 0) is 24.7 Å². The molecule has 2 aromatic rings. The van der Waals surface area contributed by atoms with Gasteiger partial charge in [0.2, 0.25) is 0 Å². The van der Waals surface area contributed by atoms with Crippen LogP contribution in [0.5, 0.6) is 0 Å². The van der Waals surface area contributed by atoms with Crippen molar-refractivity contribution < 1.29 is 51.4 Å². The van der Waals surface area contributed by atoms with E-state index in [0.717, 1.165) is 12.6 Å². The molecule has 0 radical (unpaired) electrons. The molecule has 0 saturated carbocycles. The van der Waals surface area contributed by atoms with E-state index in [2.05, 4.69) is 67.6 Å². The molecule has 0 aliphatic heterocycles. The summed E-state index contributed by atoms with van der Waals surface area (Å²) < 4.78 is 0. The van der Waals surface area contributed by atoms with E-state index < -0.39 is 0 Å². The maximum absolute atomic E-state index is 5.53. The van der Waals surface area contributed by atoms with Crippen molar-refractivity contribution in [1.82, 2.24) is 0 Å². The van der Waals surface area contributed by atoms with E-state index in [4.69, 9.17) is 12.6 Å². The molecule has 2 rings (SSSR count). The zero-order valence-electron chi connectivity index (χ0n) is 11.6. The van der Waals surface area contributed by atoms with Crippen LogP contribution in [0.2, 0.25) is 0 Å². The summed E-state index contributed by atoms with van der Waals surface area (Å²) in [6.45, 7) is 2.18. The van der Waals surface area contributed by atoms with Crippen LogP contribution < -0.4 is 62.0 Å². The van der Waals surface area contributed by atoms with Gasteiger partial charge in [-0.15, -0.1) is 0 Å². The number of rotatable bonds is 5. The van der Waals surface area contributed by atoms with E-state index in [1.165, 1.54) is 10.6 Å². The van der Waals surface area contributed by atoms with E-state index in [-0.39, 0.29) is 59.3 Å². The summed E-state index contributed by atoms with van der Waals surface area (Å²) in [5.74, 6) is 0. The van der Waals surface area contributed by atoms with Crippen LogP contribution in [0.3, 0.4) is 0 Å². The molecule has 0 fully saturated rings. The molecule has 0 saturated heterocycles. The third-order valence-corrected chi connectivity index (χ3v) is 6.37. The molecule has 0 nitrogen and oxygen atoms in total. The molecule has 19 heavy (non-hydrogen) atoms. The first-order valence-corrected chi connectivity index (χ1v) is 8.34. The molecule has 2 aromatic carbocycles. The Morgan fingerprint density at radius 3 is 1.68 bits per heavy atom. The molecule has 0 aliphatic rings. The Morgan fingerprint density at radius 2 is 1.32 bits per heavy atom. The molecule has 0 heterocycles. The van der Waals surface area contributed by atoms with Crippen molar-refractivity contribution in [3.05, 3.63) is 60.7 Å². The van der Waals surface area contributed by atoms with Crippen molar-refractivity contribution in [3.8, 4) is 0 Å². The van der Waals surface area contributed by atoms with Crippen molar-refractivity contribution in [2.24, 2.45) is 0 Å². The van der Waals surface area contributed by atoms with Crippen molar-refractivity contribution in [2.75, 3.05) is 6.16 Å². The van der Waals surface area contributed by atoms with Gasteiger partial charge in [0.1, 0.15) is 0 Å². The van der Waals surface area contributed by atoms with Gasteiger partial charge in [0.15, 0.2) is 0 Å². The summed E-state index contributed by atoms with van der Waals surface area (Å²) in [4.78, 5) is 0. The Hall–Kier alpha value is 0.856. The predicted molar refractivity (Wildman–Crippen MR) is 85.4 cm³/mol. The van der Waals surface area contributed by atoms with Crippen molar-refractivity contribution in [3.63, 3.8) is 0 Å². The van der Waals surface area contributed by atoms with Gasteiger partial charge in [0, 0.05) is 0 Å². The molecule has 0 aromatic heterocycles. The zero-order valence-corrected chi connectivity index (χ0v) is 16.5. The van der Waals surface area contributed by atoms with Gasteiger partial charge in [0.25, 0.3) is 0 Å². The summed E-state index contributed by atoms with van der Waals surface area (Å²) in [6.07, 6.45) is 2.18. The largest absolute Gasteiger partial charge is 1.00 e. The van der Waals surface area contributed by atoms with Crippen LogP contribution >= 0.6 is 7.92 Å². The van der Waals surface area contributed by atoms with Crippen LogP contribution in [0.25, 0.3) is 0 Å².